The number of carboxylic acid groups (broad SMARTS) is 2. The summed E-state index contributed by atoms with van der Waals surface area (Å²) in [6.07, 6.45) is 0.201. The average Bonchev–Trinajstić information content (AvgIpc) is 2.22. The number of nitrogens with two attached hydrogens (primary N) is 1. The Labute approximate surface area is 98.9 Å². The van der Waals surface area contributed by atoms with E-state index in [0.29, 0.717) is 0 Å². The first kappa shape index (κ1) is 13.2. The van der Waals surface area contributed by atoms with Crippen molar-refractivity contribution in [3.63, 3.8) is 0 Å². The van der Waals surface area contributed by atoms with Gasteiger partial charge < -0.3 is 15.9 Å². The normalized spacial score (nSPS) is 12.2. The van der Waals surface area contributed by atoms with Crippen molar-refractivity contribution >= 4 is 11.9 Å². The Morgan fingerprint density at radius 2 is 1.71 bits per heavy atom. The number of aryl methyl sites for hydroxylation is 2. The second kappa shape index (κ2) is 4.97. The van der Waals surface area contributed by atoms with Crippen molar-refractivity contribution in [2.24, 2.45) is 5.73 Å². The number of aliphatic carboxylic acids is 1. The maximum atomic E-state index is 10.8. The third kappa shape index (κ3) is 3.04. The first-order valence-electron chi connectivity index (χ1n) is 5.14. The highest BCUT2D eigenvalue weighted by Crippen LogP contribution is 2.18. The molecule has 0 amide bonds. The zero-order chi connectivity index (χ0) is 13.2. The van der Waals surface area contributed by atoms with Crippen molar-refractivity contribution in [3.05, 3.63) is 34.4 Å². The number of carbonyl (C=O) groups is 2. The quantitative estimate of drug-likeness (QED) is 0.724. The molecule has 1 atom stereocenters. The largest absolute Gasteiger partial charge is 0.480 e. The summed E-state index contributed by atoms with van der Waals surface area (Å²) in [5, 5.41) is 17.6. The van der Waals surface area contributed by atoms with Crippen LogP contribution in [0.3, 0.4) is 0 Å². The summed E-state index contributed by atoms with van der Waals surface area (Å²) in [6.45, 7) is 3.51. The molecule has 1 aromatic carbocycles. The van der Waals surface area contributed by atoms with E-state index in [1.807, 2.05) is 0 Å². The number of carboxylic acids is 2. The summed E-state index contributed by atoms with van der Waals surface area (Å²) in [6, 6.07) is 2.08. The lowest BCUT2D eigenvalue weighted by Gasteiger charge is -2.13. The van der Waals surface area contributed by atoms with Crippen LogP contribution in [0.5, 0.6) is 0 Å². The Bertz CT molecular complexity index is 445. The van der Waals surface area contributed by atoms with Gasteiger partial charge in [0, 0.05) is 0 Å². The molecule has 1 rings (SSSR count). The number of hydrogen-bond donors (Lipinski definition) is 3. The van der Waals surface area contributed by atoms with Crippen molar-refractivity contribution in [2.45, 2.75) is 26.3 Å². The topological polar surface area (TPSA) is 101 Å². The molecule has 0 unspecified atom stereocenters. The van der Waals surface area contributed by atoms with Gasteiger partial charge >= 0.3 is 11.9 Å². The predicted octanol–water partition coefficient (Wildman–Crippen LogP) is 0.956. The summed E-state index contributed by atoms with van der Waals surface area (Å²) in [5.41, 5.74) is 7.96. The number of aromatic carboxylic acids is 1. The summed E-state index contributed by atoms with van der Waals surface area (Å²) in [7, 11) is 0. The van der Waals surface area contributed by atoms with Crippen LogP contribution in [-0.2, 0) is 11.2 Å². The first-order chi connectivity index (χ1) is 7.82. The van der Waals surface area contributed by atoms with Crippen LogP contribution in [-0.4, -0.2) is 28.2 Å². The molecule has 0 aliphatic heterocycles. The van der Waals surface area contributed by atoms with Crippen LogP contribution < -0.4 is 5.73 Å². The molecule has 17 heavy (non-hydrogen) atoms. The lowest BCUT2D eigenvalue weighted by Crippen LogP contribution is -2.32. The van der Waals surface area contributed by atoms with Gasteiger partial charge in [-0.2, -0.15) is 0 Å². The third-order valence-corrected chi connectivity index (χ3v) is 2.68. The lowest BCUT2D eigenvalue weighted by molar-refractivity contribution is -0.138. The minimum Gasteiger partial charge on any atom is -0.480 e. The Morgan fingerprint density at radius 1 is 1.24 bits per heavy atom. The molecule has 0 aliphatic rings. The molecule has 1 aromatic rings. The smallest absolute Gasteiger partial charge is 0.335 e. The van der Waals surface area contributed by atoms with E-state index in [1.54, 1.807) is 13.8 Å². The molecule has 0 heterocycles. The minimum atomic E-state index is -1.06. The van der Waals surface area contributed by atoms with E-state index >= 15 is 0 Å². The fourth-order valence-corrected chi connectivity index (χ4v) is 1.75. The number of hydrogen-bond acceptors (Lipinski definition) is 3. The van der Waals surface area contributed by atoms with Crippen LogP contribution >= 0.6 is 0 Å². The molecule has 5 nitrogen and oxygen atoms in total. The van der Waals surface area contributed by atoms with E-state index in [9.17, 15) is 9.59 Å². The molecule has 0 saturated carbocycles. The minimum absolute atomic E-state index is 0.201. The summed E-state index contributed by atoms with van der Waals surface area (Å²) >= 11 is 0. The van der Waals surface area contributed by atoms with Gasteiger partial charge in [-0.15, -0.1) is 0 Å². The van der Waals surface area contributed by atoms with Crippen LogP contribution in [0.15, 0.2) is 12.1 Å². The van der Waals surface area contributed by atoms with Gasteiger partial charge in [-0.25, -0.2) is 4.79 Å². The van der Waals surface area contributed by atoms with Crippen LogP contribution in [0.25, 0.3) is 0 Å². The van der Waals surface area contributed by atoms with Gasteiger partial charge in [0.05, 0.1) is 5.56 Å². The molecule has 0 bridgehead atoms. The van der Waals surface area contributed by atoms with Crippen molar-refractivity contribution < 1.29 is 19.8 Å². The highest BCUT2D eigenvalue weighted by molar-refractivity contribution is 5.88. The van der Waals surface area contributed by atoms with Gasteiger partial charge in [0.25, 0.3) is 0 Å². The maximum Gasteiger partial charge on any atom is 0.335 e. The predicted molar refractivity (Wildman–Crippen MR) is 62.2 cm³/mol. The van der Waals surface area contributed by atoms with Gasteiger partial charge in [-0.05, 0) is 49.1 Å². The summed E-state index contributed by atoms with van der Waals surface area (Å²) in [5.74, 6) is -2.06. The highest BCUT2D eigenvalue weighted by Gasteiger charge is 2.16. The average molecular weight is 237 g/mol. The van der Waals surface area contributed by atoms with Crippen molar-refractivity contribution in [3.8, 4) is 0 Å². The Hall–Kier alpha value is -1.88. The molecule has 0 aromatic heterocycles. The SMILES string of the molecule is Cc1cc(C(=O)O)cc(C)c1C[C@H](N)C(=O)O. The molecule has 0 radical (unpaired) electrons. The van der Waals surface area contributed by atoms with Crippen molar-refractivity contribution in [1.82, 2.24) is 0 Å². The molecule has 5 heteroatoms. The van der Waals surface area contributed by atoms with Gasteiger partial charge in [-0.3, -0.25) is 4.79 Å². The van der Waals surface area contributed by atoms with E-state index in [0.717, 1.165) is 16.7 Å². The van der Waals surface area contributed by atoms with Crippen LogP contribution in [0, 0.1) is 13.8 Å². The first-order valence-corrected chi connectivity index (χ1v) is 5.14. The molecule has 0 aliphatic carbocycles. The lowest BCUT2D eigenvalue weighted by atomic mass is 9.94. The van der Waals surface area contributed by atoms with Crippen LogP contribution in [0.1, 0.15) is 27.0 Å². The van der Waals surface area contributed by atoms with E-state index < -0.39 is 18.0 Å². The standard InChI is InChI=1S/C12H15NO4/c1-6-3-8(11(14)15)4-7(2)9(6)5-10(13)12(16)17/h3-4,10H,5,13H2,1-2H3,(H,14,15)(H,16,17)/t10-/m0/s1. The third-order valence-electron chi connectivity index (χ3n) is 2.68. The summed E-state index contributed by atoms with van der Waals surface area (Å²) in [4.78, 5) is 21.5. The Morgan fingerprint density at radius 3 is 2.06 bits per heavy atom. The number of rotatable bonds is 4. The Kier molecular flexibility index (Phi) is 3.85. The fraction of sp³-hybridized carbons (Fsp3) is 0.333. The van der Waals surface area contributed by atoms with Crippen molar-refractivity contribution in [2.75, 3.05) is 0 Å². The number of benzene rings is 1. The second-order valence-electron chi connectivity index (χ2n) is 4.04. The zero-order valence-corrected chi connectivity index (χ0v) is 9.73. The summed E-state index contributed by atoms with van der Waals surface area (Å²) < 4.78 is 0. The van der Waals surface area contributed by atoms with Crippen LogP contribution in [0.2, 0.25) is 0 Å². The highest BCUT2D eigenvalue weighted by atomic mass is 16.4. The van der Waals surface area contributed by atoms with E-state index in [4.69, 9.17) is 15.9 Å². The second-order valence-corrected chi connectivity index (χ2v) is 4.04. The molecule has 0 fully saturated rings. The van der Waals surface area contributed by atoms with Gasteiger partial charge in [0.2, 0.25) is 0 Å². The maximum absolute atomic E-state index is 10.8. The Balaban J connectivity index is 3.10. The van der Waals surface area contributed by atoms with Gasteiger partial charge in [0.15, 0.2) is 0 Å². The molecular weight excluding hydrogens is 222 g/mol. The molecule has 92 valence electrons. The fourth-order valence-electron chi connectivity index (χ4n) is 1.75. The van der Waals surface area contributed by atoms with E-state index in [2.05, 4.69) is 0 Å². The van der Waals surface area contributed by atoms with Crippen LogP contribution in [0.4, 0.5) is 0 Å². The molecule has 0 saturated heterocycles. The van der Waals surface area contributed by atoms with Gasteiger partial charge in [0.1, 0.15) is 6.04 Å². The molecule has 0 spiro atoms. The van der Waals surface area contributed by atoms with E-state index in [1.165, 1.54) is 12.1 Å². The van der Waals surface area contributed by atoms with Gasteiger partial charge in [-0.1, -0.05) is 0 Å². The van der Waals surface area contributed by atoms with Crippen molar-refractivity contribution in [1.29, 1.82) is 0 Å². The zero-order valence-electron chi connectivity index (χ0n) is 9.73. The molecule has 4 N–H and O–H groups in total. The molecular formula is C12H15NO4. The monoisotopic (exact) mass is 237 g/mol. The van der Waals surface area contributed by atoms with E-state index in [-0.39, 0.29) is 12.0 Å².